The molecule has 0 aliphatic heterocycles. The molecule has 1 rings (SSSR count). The van der Waals surface area contributed by atoms with Crippen LogP contribution in [-0.4, -0.2) is 37.8 Å². The minimum absolute atomic E-state index is 0.371. The van der Waals surface area contributed by atoms with E-state index in [-0.39, 0.29) is 5.91 Å². The van der Waals surface area contributed by atoms with E-state index in [4.69, 9.17) is 5.11 Å². The Labute approximate surface area is 105 Å². The Morgan fingerprint density at radius 1 is 1.50 bits per heavy atom. The van der Waals surface area contributed by atoms with Crippen LogP contribution in [0.1, 0.15) is 39.2 Å². The Morgan fingerprint density at radius 3 is 2.72 bits per heavy atom. The molecule has 7 heteroatoms. The zero-order chi connectivity index (χ0) is 13.5. The average Bonchev–Trinajstić information content (AvgIpc) is 2.86. The van der Waals surface area contributed by atoms with Gasteiger partial charge in [0.1, 0.15) is 24.7 Å². The van der Waals surface area contributed by atoms with Crippen LogP contribution in [-0.2, 0) is 9.59 Å². The average molecular weight is 254 g/mol. The number of carbonyl (C=O) groups is 2. The highest BCUT2D eigenvalue weighted by atomic mass is 16.4. The lowest BCUT2D eigenvalue weighted by atomic mass is 10.1. The third-order valence-electron chi connectivity index (χ3n) is 2.67. The van der Waals surface area contributed by atoms with Gasteiger partial charge in [-0.25, -0.2) is 14.5 Å². The smallest absolute Gasteiger partial charge is 0.326 e. The van der Waals surface area contributed by atoms with Crippen LogP contribution < -0.4 is 5.32 Å². The summed E-state index contributed by atoms with van der Waals surface area (Å²) in [7, 11) is 0. The summed E-state index contributed by atoms with van der Waals surface area (Å²) in [4.78, 5) is 26.6. The Balaban J connectivity index is 2.58. The van der Waals surface area contributed by atoms with Crippen molar-refractivity contribution in [3.05, 3.63) is 12.7 Å². The van der Waals surface area contributed by atoms with Crippen molar-refractivity contribution < 1.29 is 14.7 Å². The number of nitrogens with zero attached hydrogens (tertiary/aromatic N) is 3. The second-order valence-corrected chi connectivity index (χ2v) is 4.09. The zero-order valence-electron chi connectivity index (χ0n) is 10.5. The number of aliphatic carboxylic acids is 1. The van der Waals surface area contributed by atoms with Crippen molar-refractivity contribution in [2.45, 2.75) is 45.2 Å². The summed E-state index contributed by atoms with van der Waals surface area (Å²) in [6.45, 7) is 3.61. The second kappa shape index (κ2) is 6.73. The monoisotopic (exact) mass is 254 g/mol. The molecule has 2 atom stereocenters. The summed E-state index contributed by atoms with van der Waals surface area (Å²) in [5.41, 5.74) is 0. The number of carbonyl (C=O) groups excluding carboxylic acids is 1. The van der Waals surface area contributed by atoms with Crippen LogP contribution in [0.5, 0.6) is 0 Å². The lowest BCUT2D eigenvalue weighted by molar-refractivity contribution is -0.142. The number of aromatic nitrogens is 3. The van der Waals surface area contributed by atoms with Crippen molar-refractivity contribution in [1.29, 1.82) is 0 Å². The SMILES string of the molecule is CCCCC(NC(=O)C(C)n1cncn1)C(=O)O. The molecule has 0 aromatic carbocycles. The first kappa shape index (κ1) is 14.1. The molecule has 2 N–H and O–H groups in total. The van der Waals surface area contributed by atoms with Gasteiger partial charge in [0.05, 0.1) is 0 Å². The number of hydrogen-bond donors (Lipinski definition) is 2. The van der Waals surface area contributed by atoms with E-state index >= 15 is 0 Å². The van der Waals surface area contributed by atoms with Crippen LogP contribution in [0.2, 0.25) is 0 Å². The van der Waals surface area contributed by atoms with Gasteiger partial charge in [0.2, 0.25) is 5.91 Å². The van der Waals surface area contributed by atoms with Crippen LogP contribution >= 0.6 is 0 Å². The van der Waals surface area contributed by atoms with Crippen molar-refractivity contribution in [2.24, 2.45) is 0 Å². The van der Waals surface area contributed by atoms with Gasteiger partial charge >= 0.3 is 5.97 Å². The number of carboxylic acids is 1. The Hall–Kier alpha value is -1.92. The Morgan fingerprint density at radius 2 is 2.22 bits per heavy atom. The van der Waals surface area contributed by atoms with Crippen LogP contribution in [0.15, 0.2) is 12.7 Å². The normalized spacial score (nSPS) is 13.9. The van der Waals surface area contributed by atoms with E-state index in [0.29, 0.717) is 6.42 Å². The van der Waals surface area contributed by atoms with Gasteiger partial charge in [-0.05, 0) is 13.3 Å². The molecular formula is C11H18N4O3. The van der Waals surface area contributed by atoms with Gasteiger partial charge in [-0.2, -0.15) is 5.10 Å². The highest BCUT2D eigenvalue weighted by Gasteiger charge is 2.23. The fourth-order valence-electron chi connectivity index (χ4n) is 1.50. The lowest BCUT2D eigenvalue weighted by Crippen LogP contribution is -2.43. The fourth-order valence-corrected chi connectivity index (χ4v) is 1.50. The van der Waals surface area contributed by atoms with Gasteiger partial charge in [-0.15, -0.1) is 0 Å². The molecule has 0 aliphatic carbocycles. The van der Waals surface area contributed by atoms with E-state index in [1.807, 2.05) is 6.92 Å². The minimum Gasteiger partial charge on any atom is -0.480 e. The van der Waals surface area contributed by atoms with Crippen molar-refractivity contribution in [1.82, 2.24) is 20.1 Å². The first-order valence-corrected chi connectivity index (χ1v) is 5.93. The number of unbranched alkanes of at least 4 members (excludes halogenated alkanes) is 1. The third-order valence-corrected chi connectivity index (χ3v) is 2.67. The van der Waals surface area contributed by atoms with Crippen LogP contribution in [0.25, 0.3) is 0 Å². The topological polar surface area (TPSA) is 97.1 Å². The molecule has 1 aromatic heterocycles. The largest absolute Gasteiger partial charge is 0.480 e. The van der Waals surface area contributed by atoms with E-state index in [1.54, 1.807) is 6.92 Å². The molecule has 1 amide bonds. The molecule has 0 aliphatic rings. The molecule has 7 nitrogen and oxygen atoms in total. The first-order valence-electron chi connectivity index (χ1n) is 5.93. The van der Waals surface area contributed by atoms with Gasteiger partial charge in [-0.3, -0.25) is 4.79 Å². The summed E-state index contributed by atoms with van der Waals surface area (Å²) in [6.07, 6.45) is 4.83. The zero-order valence-corrected chi connectivity index (χ0v) is 10.5. The van der Waals surface area contributed by atoms with Gasteiger partial charge in [-0.1, -0.05) is 19.8 Å². The maximum absolute atomic E-state index is 11.9. The first-order chi connectivity index (χ1) is 8.56. The highest BCUT2D eigenvalue weighted by Crippen LogP contribution is 2.06. The molecular weight excluding hydrogens is 236 g/mol. The molecule has 18 heavy (non-hydrogen) atoms. The van der Waals surface area contributed by atoms with Gasteiger partial charge in [0.15, 0.2) is 0 Å². The van der Waals surface area contributed by atoms with Crippen molar-refractivity contribution in [3.8, 4) is 0 Å². The van der Waals surface area contributed by atoms with Crippen LogP contribution in [0.4, 0.5) is 0 Å². The van der Waals surface area contributed by atoms with Crippen LogP contribution in [0.3, 0.4) is 0 Å². The molecule has 0 saturated heterocycles. The molecule has 0 saturated carbocycles. The van der Waals surface area contributed by atoms with Crippen LogP contribution in [0, 0.1) is 0 Å². The number of carboxylic acid groups (broad SMARTS) is 1. The number of hydrogen-bond acceptors (Lipinski definition) is 4. The molecule has 0 spiro atoms. The number of nitrogens with one attached hydrogen (secondary N) is 1. The lowest BCUT2D eigenvalue weighted by Gasteiger charge is -2.17. The molecule has 100 valence electrons. The van der Waals surface area contributed by atoms with Gasteiger partial charge in [0.25, 0.3) is 0 Å². The molecule has 0 bridgehead atoms. The molecule has 1 heterocycles. The minimum atomic E-state index is -1.01. The van der Waals surface area contributed by atoms with Gasteiger partial charge in [0, 0.05) is 0 Å². The summed E-state index contributed by atoms with van der Waals surface area (Å²) in [5.74, 6) is -1.38. The quantitative estimate of drug-likeness (QED) is 0.742. The molecule has 2 unspecified atom stereocenters. The summed E-state index contributed by atoms with van der Waals surface area (Å²) < 4.78 is 1.38. The molecule has 0 radical (unpaired) electrons. The molecule has 0 fully saturated rings. The van der Waals surface area contributed by atoms with E-state index in [9.17, 15) is 9.59 Å². The standard InChI is InChI=1S/C11H18N4O3/c1-3-4-5-9(11(17)18)14-10(16)8(2)15-7-12-6-13-15/h6-9H,3-5H2,1-2H3,(H,14,16)(H,17,18). The predicted octanol–water partition coefficient (Wildman–Crippen LogP) is 0.599. The van der Waals surface area contributed by atoms with E-state index < -0.39 is 18.1 Å². The highest BCUT2D eigenvalue weighted by molar-refractivity contribution is 5.85. The third kappa shape index (κ3) is 3.83. The molecule has 1 aromatic rings. The second-order valence-electron chi connectivity index (χ2n) is 4.09. The Bertz CT molecular complexity index is 391. The maximum Gasteiger partial charge on any atom is 0.326 e. The van der Waals surface area contributed by atoms with Crippen molar-refractivity contribution >= 4 is 11.9 Å². The van der Waals surface area contributed by atoms with Gasteiger partial charge < -0.3 is 10.4 Å². The fraction of sp³-hybridized carbons (Fsp3) is 0.636. The van der Waals surface area contributed by atoms with E-state index in [2.05, 4.69) is 15.4 Å². The Kier molecular flexibility index (Phi) is 5.29. The van der Waals surface area contributed by atoms with E-state index in [1.165, 1.54) is 17.3 Å². The number of rotatable bonds is 7. The summed E-state index contributed by atoms with van der Waals surface area (Å²) >= 11 is 0. The maximum atomic E-state index is 11.9. The van der Waals surface area contributed by atoms with Crippen molar-refractivity contribution in [2.75, 3.05) is 0 Å². The summed E-state index contributed by atoms with van der Waals surface area (Å²) in [6, 6.07) is -1.42. The summed E-state index contributed by atoms with van der Waals surface area (Å²) in [5, 5.41) is 15.4. The predicted molar refractivity (Wildman–Crippen MR) is 63.8 cm³/mol. The van der Waals surface area contributed by atoms with E-state index in [0.717, 1.165) is 12.8 Å². The van der Waals surface area contributed by atoms with Crippen molar-refractivity contribution in [3.63, 3.8) is 0 Å². The number of amides is 1.